The van der Waals surface area contributed by atoms with E-state index in [1.54, 1.807) is 0 Å². The first-order valence-electron chi connectivity index (χ1n) is 34.7. The third kappa shape index (κ3) is 35.3. The number of ether oxygens (including phenoxy) is 9. The highest BCUT2D eigenvalue weighted by molar-refractivity contribution is 5.80. The summed E-state index contributed by atoms with van der Waals surface area (Å²) in [5.74, 6) is -1.74. The highest BCUT2D eigenvalue weighted by Crippen LogP contribution is 2.26. The fraction of sp³-hybridized carbons (Fsp3) is 0.864. The summed E-state index contributed by atoms with van der Waals surface area (Å²) in [6.07, 6.45) is -5.53. The van der Waals surface area contributed by atoms with Crippen LogP contribution in [0.2, 0.25) is 0 Å². The number of carbonyl (C=O) groups is 9. The molecule has 0 aliphatic carbocycles. The quantitative estimate of drug-likeness (QED) is 0.0305. The molecule has 566 valence electrons. The average Bonchev–Trinajstić information content (AvgIpc) is 0.825. The maximum atomic E-state index is 12.8. The van der Waals surface area contributed by atoms with Crippen LogP contribution in [0.3, 0.4) is 0 Å². The lowest BCUT2D eigenvalue weighted by atomic mass is 9.94. The van der Waals surface area contributed by atoms with Crippen molar-refractivity contribution in [2.24, 2.45) is 5.41 Å². The van der Waals surface area contributed by atoms with E-state index in [0.29, 0.717) is 135 Å². The van der Waals surface area contributed by atoms with Gasteiger partial charge >= 0.3 is 0 Å². The first kappa shape index (κ1) is 87.5. The van der Waals surface area contributed by atoms with E-state index in [2.05, 4.69) is 26.6 Å². The molecule has 0 aromatic heterocycles. The fourth-order valence-electron chi connectivity index (χ4n) is 11.2. The van der Waals surface area contributed by atoms with E-state index in [4.69, 9.17) is 42.6 Å². The van der Waals surface area contributed by atoms with Gasteiger partial charge in [-0.2, -0.15) is 0 Å². The summed E-state index contributed by atoms with van der Waals surface area (Å²) in [5, 5.41) is 104. The lowest BCUT2D eigenvalue weighted by Crippen LogP contribution is -2.64. The zero-order chi connectivity index (χ0) is 72.4. The van der Waals surface area contributed by atoms with E-state index in [1.807, 2.05) is 6.92 Å². The Morgan fingerprint density at radius 2 is 0.622 bits per heavy atom. The van der Waals surface area contributed by atoms with Crippen LogP contribution in [0.15, 0.2) is 0 Å². The van der Waals surface area contributed by atoms with Gasteiger partial charge in [-0.3, -0.25) is 43.2 Å². The number of aliphatic hydroxyl groups excluding tert-OH is 9. The fourth-order valence-corrected chi connectivity index (χ4v) is 11.2. The molecule has 6 unspecified atom stereocenters. The molecule has 3 rings (SSSR count). The summed E-state index contributed by atoms with van der Waals surface area (Å²) in [6, 6.07) is -3.16. The SMILES string of the molecule is CC(=O)NC1[C@H](OCCCCC(=O)CCCCCC(=O)CCOCC(C)(COCCC(=O)CCCCCC(=O)CCCCO[C@@H]2OC(CO)[C@H](O)[C@H](O)C2NC(C)=O)COCCC(=O)NCCCNC(=O)CCCCO[C@H]2OC(CO)[C@@H](O)[C@@H](O)C2NC(C)=O)OC(CO)[C@H](O)[C@@H]1O. The molecular weight excluding hydrogens is 1290 g/mol. The van der Waals surface area contributed by atoms with E-state index < -0.39 is 135 Å². The summed E-state index contributed by atoms with van der Waals surface area (Å²) >= 11 is 0. The molecule has 3 heterocycles. The van der Waals surface area contributed by atoms with Crippen molar-refractivity contribution in [1.29, 1.82) is 0 Å². The zero-order valence-corrected chi connectivity index (χ0v) is 57.7. The Balaban J connectivity index is 1.34. The van der Waals surface area contributed by atoms with E-state index in [-0.39, 0.29) is 120 Å². The van der Waals surface area contributed by atoms with Gasteiger partial charge in [0.05, 0.1) is 59.5 Å². The van der Waals surface area contributed by atoms with Gasteiger partial charge in [-0.15, -0.1) is 0 Å². The molecule has 0 spiro atoms. The molecule has 32 nitrogen and oxygen atoms in total. The van der Waals surface area contributed by atoms with Crippen molar-refractivity contribution >= 4 is 52.7 Å². The molecule has 5 amide bonds. The topological polar surface area (TPSA) is 479 Å². The molecule has 0 aromatic rings. The molecule has 0 radical (unpaired) electrons. The van der Waals surface area contributed by atoms with E-state index in [1.165, 1.54) is 20.8 Å². The molecule has 0 saturated carbocycles. The molecule has 0 bridgehead atoms. The minimum absolute atomic E-state index is 0.00162. The molecule has 0 aromatic carbocycles. The normalized spacial score (nSPS) is 26.2. The summed E-state index contributed by atoms with van der Waals surface area (Å²) in [6.45, 7) is 5.66. The predicted octanol–water partition coefficient (Wildman–Crippen LogP) is -1.60. The monoisotopic (exact) mass is 1410 g/mol. The Morgan fingerprint density at radius 1 is 0.347 bits per heavy atom. The van der Waals surface area contributed by atoms with Crippen LogP contribution in [-0.4, -0.2) is 283 Å². The van der Waals surface area contributed by atoms with Crippen LogP contribution in [0, 0.1) is 5.41 Å². The highest BCUT2D eigenvalue weighted by atomic mass is 16.7. The van der Waals surface area contributed by atoms with Gasteiger partial charge in [-0.05, 0) is 70.6 Å². The lowest BCUT2D eigenvalue weighted by molar-refractivity contribution is -0.270. The van der Waals surface area contributed by atoms with Crippen molar-refractivity contribution < 1.29 is 132 Å². The molecule has 3 aliphatic heterocycles. The van der Waals surface area contributed by atoms with Crippen molar-refractivity contribution in [3.8, 4) is 0 Å². The maximum absolute atomic E-state index is 12.8. The number of unbranched alkanes of at least 4 members (excludes halogenated alkanes) is 7. The van der Waals surface area contributed by atoms with Crippen molar-refractivity contribution in [2.45, 2.75) is 267 Å². The minimum atomic E-state index is -1.43. The Labute approximate surface area is 574 Å². The molecule has 3 aliphatic rings. The first-order valence-corrected chi connectivity index (χ1v) is 34.7. The zero-order valence-electron chi connectivity index (χ0n) is 57.7. The third-order valence-electron chi connectivity index (χ3n) is 16.8. The Hall–Kier alpha value is -4.69. The number of Topliss-reactive ketones (excluding diaryl/α,β-unsaturated/α-hetero) is 4. The number of carbonyl (C=O) groups excluding carboxylic acids is 9. The van der Waals surface area contributed by atoms with E-state index in [0.717, 1.165) is 0 Å². The second-order valence-corrected chi connectivity index (χ2v) is 25.8. The number of nitrogens with one attached hydrogen (secondary N) is 5. The van der Waals surface area contributed by atoms with Crippen molar-refractivity contribution in [3.05, 3.63) is 0 Å². The van der Waals surface area contributed by atoms with Crippen molar-refractivity contribution in [3.63, 3.8) is 0 Å². The second kappa shape index (κ2) is 49.8. The van der Waals surface area contributed by atoms with Crippen LogP contribution in [0.1, 0.15) is 175 Å². The minimum Gasteiger partial charge on any atom is -0.394 e. The number of ketones is 4. The van der Waals surface area contributed by atoms with Gasteiger partial charge in [-0.1, -0.05) is 19.8 Å². The van der Waals surface area contributed by atoms with E-state index in [9.17, 15) is 89.1 Å². The Bertz CT molecular complexity index is 2100. The van der Waals surface area contributed by atoms with Crippen LogP contribution >= 0.6 is 0 Å². The number of hydrogen-bond acceptors (Lipinski definition) is 27. The Kier molecular flexibility index (Phi) is 44.5. The molecule has 32 heteroatoms. The van der Waals surface area contributed by atoms with Gasteiger partial charge in [-0.25, -0.2) is 0 Å². The standard InChI is InChI=1S/C66H115N5O27/c1-42(75)69-54-60(87)57(84)49(36-72)96-63(54)93-30-14-11-22-45(78)18-7-5-9-20-47(80)25-33-90-39-66(4,40-91-34-26-48(81)21-10-6-8-19-46(79)23-12-15-31-94-64-55(70-43(2)76)61(88)58(85)50(37-73)97-64)41-92-35-27-53(83)68-29-17-28-67-52(82)24-13-16-32-95-65-56(71-44(3)77)62(89)59(86)51(38-74)98-65/h49-51,54-65,72-74,84-89H,5-41H2,1-4H3,(H,67,82)(H,68,83)(H,69,75)(H,70,76)(H,71,77)/t49?,50?,51?,54?,55?,56?,57-,58-,59+,60+,61+,62-,63+,64+,65-,66?/m0/s1. The van der Waals surface area contributed by atoms with Crippen molar-refractivity contribution in [2.75, 3.05) is 92.4 Å². The van der Waals surface area contributed by atoms with Crippen molar-refractivity contribution in [1.82, 2.24) is 26.6 Å². The largest absolute Gasteiger partial charge is 0.394 e. The predicted molar refractivity (Wildman–Crippen MR) is 347 cm³/mol. The molecule has 14 N–H and O–H groups in total. The summed E-state index contributed by atoms with van der Waals surface area (Å²) in [7, 11) is 0. The molecule has 3 saturated heterocycles. The van der Waals surface area contributed by atoms with Crippen LogP contribution in [0.25, 0.3) is 0 Å². The Morgan fingerprint density at radius 3 is 0.929 bits per heavy atom. The number of aliphatic hydroxyl groups is 9. The van der Waals surface area contributed by atoms with Gasteiger partial charge in [0.15, 0.2) is 18.9 Å². The molecule has 15 atom stereocenters. The second-order valence-electron chi connectivity index (χ2n) is 25.8. The van der Waals surface area contributed by atoms with Crippen LogP contribution in [-0.2, 0) is 85.8 Å². The maximum Gasteiger partial charge on any atom is 0.222 e. The lowest BCUT2D eigenvalue weighted by Gasteiger charge is -2.42. The summed E-state index contributed by atoms with van der Waals surface area (Å²) < 4.78 is 51.7. The average molecular weight is 1410 g/mol. The van der Waals surface area contributed by atoms with Gasteiger partial charge in [0.2, 0.25) is 29.5 Å². The van der Waals surface area contributed by atoms with Gasteiger partial charge in [0, 0.05) is 123 Å². The van der Waals surface area contributed by atoms with Crippen LogP contribution in [0.4, 0.5) is 0 Å². The number of amides is 5. The highest BCUT2D eigenvalue weighted by Gasteiger charge is 2.48. The van der Waals surface area contributed by atoms with Crippen LogP contribution < -0.4 is 26.6 Å². The third-order valence-corrected chi connectivity index (χ3v) is 16.8. The first-order chi connectivity index (χ1) is 46.8. The number of hydrogen-bond donors (Lipinski definition) is 14. The molecule has 3 fully saturated rings. The van der Waals surface area contributed by atoms with Gasteiger partial charge < -0.3 is 115 Å². The van der Waals surface area contributed by atoms with E-state index >= 15 is 0 Å². The number of rotatable bonds is 55. The molecule has 98 heavy (non-hydrogen) atoms. The molecular formula is C66H115N5O27. The smallest absolute Gasteiger partial charge is 0.222 e. The summed E-state index contributed by atoms with van der Waals surface area (Å²) in [5.41, 5.74) is -0.733. The summed E-state index contributed by atoms with van der Waals surface area (Å²) in [4.78, 5) is 111. The van der Waals surface area contributed by atoms with Gasteiger partial charge in [0.1, 0.15) is 96.2 Å². The van der Waals surface area contributed by atoms with Gasteiger partial charge in [0.25, 0.3) is 0 Å². The van der Waals surface area contributed by atoms with Crippen LogP contribution in [0.5, 0.6) is 0 Å².